The summed E-state index contributed by atoms with van der Waals surface area (Å²) in [6.45, 7) is 8.36. The smallest absolute Gasteiger partial charge is 0.260 e. The van der Waals surface area contributed by atoms with Crippen LogP contribution in [0.4, 0.5) is 5.69 Å². The lowest BCUT2D eigenvalue weighted by molar-refractivity contribution is 0.102. The van der Waals surface area contributed by atoms with E-state index in [4.69, 9.17) is 9.47 Å². The quantitative estimate of drug-likeness (QED) is 0.291. The number of benzene rings is 3. The second-order valence-electron chi connectivity index (χ2n) is 8.61. The number of anilines is 1. The molecule has 2 aromatic heterocycles. The molecular weight excluding hydrogens is 466 g/mol. The lowest BCUT2D eigenvalue weighted by Gasteiger charge is -2.14. The van der Waals surface area contributed by atoms with Gasteiger partial charge in [-0.2, -0.15) is 5.10 Å². The van der Waals surface area contributed by atoms with Gasteiger partial charge in [0.1, 0.15) is 11.5 Å². The number of amides is 1. The van der Waals surface area contributed by atoms with Crippen LogP contribution in [-0.4, -0.2) is 32.5 Å². The molecule has 0 aliphatic carbocycles. The van der Waals surface area contributed by atoms with Gasteiger partial charge in [-0.15, -0.1) is 10.2 Å². The minimum Gasteiger partial charge on any atom is -0.493 e. The third-order valence-electron chi connectivity index (χ3n) is 6.25. The molecule has 0 atom stereocenters. The fourth-order valence-corrected chi connectivity index (χ4v) is 4.11. The van der Waals surface area contributed by atoms with E-state index in [2.05, 4.69) is 20.6 Å². The van der Waals surface area contributed by atoms with Crippen LogP contribution in [0.15, 0.2) is 72.8 Å². The zero-order chi connectivity index (χ0) is 25.9. The van der Waals surface area contributed by atoms with Crippen molar-refractivity contribution >= 4 is 22.4 Å². The molecule has 186 valence electrons. The molecule has 0 spiro atoms. The summed E-state index contributed by atoms with van der Waals surface area (Å²) >= 11 is 0. The largest absolute Gasteiger partial charge is 0.493 e. The second kappa shape index (κ2) is 10.1. The molecule has 5 rings (SSSR count). The number of carbonyl (C=O) groups is 1. The maximum Gasteiger partial charge on any atom is 0.260 e. The van der Waals surface area contributed by atoms with Crippen LogP contribution in [0.25, 0.3) is 16.6 Å². The minimum absolute atomic E-state index is 0.241. The van der Waals surface area contributed by atoms with E-state index in [-0.39, 0.29) is 5.91 Å². The van der Waals surface area contributed by atoms with E-state index in [0.29, 0.717) is 41.1 Å². The Labute approximate surface area is 214 Å². The summed E-state index contributed by atoms with van der Waals surface area (Å²) in [5.41, 5.74) is 4.25. The lowest BCUT2D eigenvalue weighted by atomic mass is 10.0. The summed E-state index contributed by atoms with van der Waals surface area (Å²) in [6, 6.07) is 22.2. The van der Waals surface area contributed by atoms with Crippen molar-refractivity contribution in [2.75, 3.05) is 11.9 Å². The first-order valence-electron chi connectivity index (χ1n) is 12.1. The lowest BCUT2D eigenvalue weighted by Crippen LogP contribution is -2.14. The zero-order valence-electron chi connectivity index (χ0n) is 21.1. The summed E-state index contributed by atoms with van der Waals surface area (Å²) in [7, 11) is 0. The molecule has 0 aliphatic rings. The van der Waals surface area contributed by atoms with Crippen LogP contribution >= 0.6 is 0 Å². The summed E-state index contributed by atoms with van der Waals surface area (Å²) in [4.78, 5) is 13.2. The van der Waals surface area contributed by atoms with Crippen molar-refractivity contribution in [2.45, 2.75) is 27.7 Å². The summed E-state index contributed by atoms with van der Waals surface area (Å²) in [5, 5.41) is 17.7. The Hall–Kier alpha value is -4.72. The number of nitrogens with one attached hydrogen (secondary N) is 1. The van der Waals surface area contributed by atoms with Crippen molar-refractivity contribution in [3.63, 3.8) is 0 Å². The predicted molar refractivity (Wildman–Crippen MR) is 143 cm³/mol. The Balaban J connectivity index is 1.30. The molecule has 0 bridgehead atoms. The number of hydrogen-bond donors (Lipinski definition) is 1. The monoisotopic (exact) mass is 493 g/mol. The molecule has 0 saturated heterocycles. The normalized spacial score (nSPS) is 10.9. The topological polar surface area (TPSA) is 91.2 Å². The fraction of sp³-hybridized carbons (Fsp3) is 0.172. The van der Waals surface area contributed by atoms with Gasteiger partial charge in [0.15, 0.2) is 5.82 Å². The first-order chi connectivity index (χ1) is 17.9. The van der Waals surface area contributed by atoms with Gasteiger partial charge in [0, 0.05) is 17.4 Å². The average Bonchev–Trinajstić information content (AvgIpc) is 3.17. The zero-order valence-corrected chi connectivity index (χ0v) is 21.1. The Bertz CT molecular complexity index is 1570. The van der Waals surface area contributed by atoms with Gasteiger partial charge in [0.25, 0.3) is 5.91 Å². The number of carbonyl (C=O) groups excluding carboxylic acids is 1. The van der Waals surface area contributed by atoms with Crippen molar-refractivity contribution in [3.05, 3.63) is 95.3 Å². The highest BCUT2D eigenvalue weighted by molar-refractivity contribution is 6.15. The molecule has 0 aliphatic heterocycles. The van der Waals surface area contributed by atoms with Crippen molar-refractivity contribution in [1.29, 1.82) is 0 Å². The van der Waals surface area contributed by atoms with Gasteiger partial charge in [-0.3, -0.25) is 4.79 Å². The van der Waals surface area contributed by atoms with E-state index in [9.17, 15) is 4.79 Å². The van der Waals surface area contributed by atoms with Gasteiger partial charge in [0.05, 0.1) is 17.9 Å². The van der Waals surface area contributed by atoms with Gasteiger partial charge < -0.3 is 14.8 Å². The fourth-order valence-electron chi connectivity index (χ4n) is 4.11. The van der Waals surface area contributed by atoms with Crippen molar-refractivity contribution in [1.82, 2.24) is 20.0 Å². The second-order valence-corrected chi connectivity index (χ2v) is 8.61. The van der Waals surface area contributed by atoms with E-state index in [1.165, 1.54) is 0 Å². The van der Waals surface area contributed by atoms with Crippen LogP contribution in [0.5, 0.6) is 17.4 Å². The molecule has 8 nitrogen and oxygen atoms in total. The van der Waals surface area contributed by atoms with Crippen LogP contribution in [-0.2, 0) is 0 Å². The van der Waals surface area contributed by atoms with Gasteiger partial charge >= 0.3 is 0 Å². The molecule has 1 amide bonds. The van der Waals surface area contributed by atoms with Crippen molar-refractivity contribution in [2.24, 2.45) is 0 Å². The summed E-state index contributed by atoms with van der Waals surface area (Å²) in [5.74, 6) is 1.86. The number of fused-ring (bicyclic) bond motifs is 1. The maximum atomic E-state index is 13.2. The third kappa shape index (κ3) is 4.86. The summed E-state index contributed by atoms with van der Waals surface area (Å²) in [6.07, 6.45) is 0. The summed E-state index contributed by atoms with van der Waals surface area (Å²) < 4.78 is 13.4. The number of rotatable bonds is 7. The van der Waals surface area contributed by atoms with Crippen molar-refractivity contribution in [3.8, 4) is 23.2 Å². The van der Waals surface area contributed by atoms with Crippen LogP contribution in [0.3, 0.4) is 0 Å². The maximum absolute atomic E-state index is 13.2. The third-order valence-corrected chi connectivity index (χ3v) is 6.25. The van der Waals surface area contributed by atoms with E-state index in [1.54, 1.807) is 35.0 Å². The highest BCUT2D eigenvalue weighted by atomic mass is 16.5. The number of ether oxygens (including phenoxy) is 2. The Morgan fingerprint density at radius 1 is 0.919 bits per heavy atom. The Morgan fingerprint density at radius 2 is 1.70 bits per heavy atom. The molecule has 0 fully saturated rings. The molecule has 2 heterocycles. The molecule has 0 unspecified atom stereocenters. The molecule has 0 radical (unpaired) electrons. The average molecular weight is 494 g/mol. The first-order valence-corrected chi connectivity index (χ1v) is 12.1. The van der Waals surface area contributed by atoms with E-state index in [1.807, 2.05) is 70.2 Å². The first kappa shape index (κ1) is 24.0. The van der Waals surface area contributed by atoms with Crippen LogP contribution in [0.1, 0.15) is 34.2 Å². The molecular formula is C29H27N5O3. The highest BCUT2D eigenvalue weighted by Crippen LogP contribution is 2.30. The number of aryl methyl sites for hydroxylation is 1. The van der Waals surface area contributed by atoms with Gasteiger partial charge in [0.2, 0.25) is 5.88 Å². The Kier molecular flexibility index (Phi) is 6.55. The van der Waals surface area contributed by atoms with Crippen LogP contribution in [0, 0.1) is 20.8 Å². The van der Waals surface area contributed by atoms with Gasteiger partial charge in [-0.05, 0) is 80.4 Å². The molecule has 37 heavy (non-hydrogen) atoms. The van der Waals surface area contributed by atoms with Crippen LogP contribution < -0.4 is 14.8 Å². The standard InChI is InChI=1S/C29H27N5O3/c1-5-36-25-15-10-21-8-6-7-9-24(21)28(25)29(35)30-22-11-13-23(14-12-22)37-27-17-16-26(31-32-27)34-20(4)18(2)19(3)33-34/h6-17H,5H2,1-4H3,(H,30,35). The van der Waals surface area contributed by atoms with E-state index in [0.717, 1.165) is 27.7 Å². The van der Waals surface area contributed by atoms with Crippen molar-refractivity contribution < 1.29 is 14.3 Å². The minimum atomic E-state index is -0.241. The Morgan fingerprint density at radius 3 is 2.38 bits per heavy atom. The van der Waals surface area contributed by atoms with E-state index >= 15 is 0 Å². The predicted octanol–water partition coefficient (Wildman–Crippen LogP) is 6.18. The molecule has 1 N–H and O–H groups in total. The SMILES string of the molecule is CCOc1ccc2ccccc2c1C(=O)Nc1ccc(Oc2ccc(-n3nc(C)c(C)c3C)nn2)cc1. The number of nitrogens with zero attached hydrogens (tertiary/aromatic N) is 4. The molecule has 0 saturated carbocycles. The molecule has 5 aromatic rings. The number of hydrogen-bond acceptors (Lipinski definition) is 6. The van der Waals surface area contributed by atoms with Crippen LogP contribution in [0.2, 0.25) is 0 Å². The van der Waals surface area contributed by atoms with Gasteiger partial charge in [-0.1, -0.05) is 30.3 Å². The molecule has 8 heteroatoms. The molecule has 3 aromatic carbocycles. The van der Waals surface area contributed by atoms with E-state index < -0.39 is 0 Å². The van der Waals surface area contributed by atoms with Gasteiger partial charge in [-0.25, -0.2) is 4.68 Å². The highest BCUT2D eigenvalue weighted by Gasteiger charge is 2.17. The number of aromatic nitrogens is 4.